The molecule has 0 aliphatic carbocycles. The second kappa shape index (κ2) is 6.39. The number of imidazole rings is 1. The Morgan fingerprint density at radius 3 is 2.48 bits per heavy atom. The van der Waals surface area contributed by atoms with Crippen molar-refractivity contribution in [2.24, 2.45) is 0 Å². The number of hydrogen-bond donors (Lipinski definition) is 2. The van der Waals surface area contributed by atoms with Gasteiger partial charge in [0, 0.05) is 29.1 Å². The number of hydrogen-bond acceptors (Lipinski definition) is 3. The van der Waals surface area contributed by atoms with E-state index < -0.39 is 0 Å². The van der Waals surface area contributed by atoms with Crippen molar-refractivity contribution in [3.05, 3.63) is 72.3 Å². The van der Waals surface area contributed by atoms with Crippen LogP contribution in [0.15, 0.2) is 61.2 Å². The summed E-state index contributed by atoms with van der Waals surface area (Å²) in [6.07, 6.45) is 7.37. The third kappa shape index (κ3) is 3.46. The van der Waals surface area contributed by atoms with Crippen molar-refractivity contribution in [1.29, 1.82) is 0 Å². The molecule has 0 spiro atoms. The minimum atomic E-state index is -0.172. The Bertz CT molecular complexity index is 1090. The van der Waals surface area contributed by atoms with E-state index in [1.54, 1.807) is 12.4 Å². The first-order chi connectivity index (χ1) is 12.9. The molecule has 6 nitrogen and oxygen atoms in total. The summed E-state index contributed by atoms with van der Waals surface area (Å²) in [5, 5.41) is 9.65. The maximum absolute atomic E-state index is 12.5. The summed E-state index contributed by atoms with van der Waals surface area (Å²) in [4.78, 5) is 17.0. The van der Waals surface area contributed by atoms with Gasteiger partial charge in [0.25, 0.3) is 5.91 Å². The number of nitrogens with zero attached hydrogens (tertiary/aromatic N) is 3. The zero-order chi connectivity index (χ0) is 19.0. The van der Waals surface area contributed by atoms with E-state index in [0.29, 0.717) is 11.4 Å². The summed E-state index contributed by atoms with van der Waals surface area (Å²) in [6, 6.07) is 11.6. The van der Waals surface area contributed by atoms with Crippen LogP contribution < -0.4 is 5.32 Å². The fourth-order valence-corrected chi connectivity index (χ4v) is 2.94. The lowest BCUT2D eigenvalue weighted by atomic mass is 9.87. The molecule has 3 heterocycles. The fourth-order valence-electron chi connectivity index (χ4n) is 2.94. The molecule has 0 aliphatic heterocycles. The number of carbonyl (C=O) groups excluding carboxylic acids is 1. The molecule has 0 atom stereocenters. The molecule has 136 valence electrons. The Balaban J connectivity index is 1.55. The van der Waals surface area contributed by atoms with E-state index in [4.69, 9.17) is 0 Å². The van der Waals surface area contributed by atoms with E-state index in [-0.39, 0.29) is 11.3 Å². The van der Waals surface area contributed by atoms with E-state index in [9.17, 15) is 4.79 Å². The largest absolute Gasteiger partial charge is 0.305 e. The van der Waals surface area contributed by atoms with Crippen molar-refractivity contribution in [2.45, 2.75) is 26.2 Å². The highest BCUT2D eigenvalue weighted by Crippen LogP contribution is 2.23. The van der Waals surface area contributed by atoms with Crippen molar-refractivity contribution in [3.8, 4) is 11.1 Å². The van der Waals surface area contributed by atoms with E-state index >= 15 is 0 Å². The molecule has 4 rings (SSSR count). The molecular formula is C21H21N5O. The van der Waals surface area contributed by atoms with Crippen molar-refractivity contribution in [3.63, 3.8) is 0 Å². The number of carbonyl (C=O) groups is 1. The molecule has 1 amide bonds. The fraction of sp³-hybridized carbons (Fsp3) is 0.190. The van der Waals surface area contributed by atoms with Crippen molar-refractivity contribution in [1.82, 2.24) is 19.6 Å². The highest BCUT2D eigenvalue weighted by molar-refractivity contribution is 6.03. The number of aromatic nitrogens is 4. The van der Waals surface area contributed by atoms with E-state index in [0.717, 1.165) is 16.8 Å². The molecule has 0 aliphatic rings. The molecule has 6 heteroatoms. The maximum Gasteiger partial charge on any atom is 0.256 e. The van der Waals surface area contributed by atoms with Gasteiger partial charge >= 0.3 is 0 Å². The third-order valence-electron chi connectivity index (χ3n) is 4.54. The van der Waals surface area contributed by atoms with Gasteiger partial charge in [0.05, 0.1) is 12.4 Å². The molecule has 4 aromatic rings. The summed E-state index contributed by atoms with van der Waals surface area (Å²) in [6.45, 7) is 6.45. The minimum absolute atomic E-state index is 0.0588. The summed E-state index contributed by atoms with van der Waals surface area (Å²) < 4.78 is 1.89. The number of anilines is 1. The van der Waals surface area contributed by atoms with Crippen LogP contribution in [0.4, 0.5) is 5.82 Å². The second-order valence-corrected chi connectivity index (χ2v) is 7.58. The van der Waals surface area contributed by atoms with Gasteiger partial charge in [-0.15, -0.1) is 0 Å². The Hall–Kier alpha value is -3.41. The van der Waals surface area contributed by atoms with Crippen molar-refractivity contribution >= 4 is 17.4 Å². The molecule has 0 saturated carbocycles. The lowest BCUT2D eigenvalue weighted by Crippen LogP contribution is -2.14. The van der Waals surface area contributed by atoms with E-state index in [1.807, 2.05) is 53.2 Å². The van der Waals surface area contributed by atoms with Crippen molar-refractivity contribution < 1.29 is 4.79 Å². The third-order valence-corrected chi connectivity index (χ3v) is 4.54. The van der Waals surface area contributed by atoms with Gasteiger partial charge in [0.2, 0.25) is 0 Å². The molecule has 0 saturated heterocycles. The van der Waals surface area contributed by atoms with Gasteiger partial charge in [-0.25, -0.2) is 4.98 Å². The summed E-state index contributed by atoms with van der Waals surface area (Å²) >= 11 is 0. The number of fused-ring (bicyclic) bond motifs is 1. The van der Waals surface area contributed by atoms with Crippen LogP contribution in [0, 0.1) is 0 Å². The first-order valence-electron chi connectivity index (χ1n) is 8.80. The van der Waals surface area contributed by atoms with Crippen LogP contribution in [0.1, 0.15) is 36.7 Å². The lowest BCUT2D eigenvalue weighted by molar-refractivity contribution is 0.102. The Kier molecular flexibility index (Phi) is 4.03. The molecule has 0 bridgehead atoms. The molecule has 0 unspecified atom stereocenters. The predicted molar refractivity (Wildman–Crippen MR) is 106 cm³/mol. The van der Waals surface area contributed by atoms with Crippen LogP contribution in [0.2, 0.25) is 0 Å². The van der Waals surface area contributed by atoms with E-state index in [2.05, 4.69) is 41.3 Å². The average molecular weight is 359 g/mol. The number of rotatable bonds is 3. The summed E-state index contributed by atoms with van der Waals surface area (Å²) in [7, 11) is 0. The van der Waals surface area contributed by atoms with Gasteiger partial charge in [-0.05, 0) is 35.2 Å². The smallest absolute Gasteiger partial charge is 0.256 e. The topological polar surface area (TPSA) is 75.1 Å². The van der Waals surface area contributed by atoms with Crippen LogP contribution >= 0.6 is 0 Å². The van der Waals surface area contributed by atoms with Crippen LogP contribution in [-0.2, 0) is 5.41 Å². The molecule has 0 fully saturated rings. The quantitative estimate of drug-likeness (QED) is 0.573. The molecule has 0 radical (unpaired) electrons. The maximum atomic E-state index is 12.5. The standard InChI is InChI=1S/C21H21N5O/c1-21(2,3)17-7-4-14(5-8-17)20(27)25-18-13-26-12-15(6-9-19(26)24-18)16-10-22-23-11-16/h4-13H,1-3H3,(H,22,23)(H,25,27). The van der Waals surface area contributed by atoms with Gasteiger partial charge < -0.3 is 9.72 Å². The second-order valence-electron chi connectivity index (χ2n) is 7.58. The Morgan fingerprint density at radius 2 is 1.81 bits per heavy atom. The van der Waals surface area contributed by atoms with Crippen molar-refractivity contribution in [2.75, 3.05) is 5.32 Å². The van der Waals surface area contributed by atoms with E-state index in [1.165, 1.54) is 5.56 Å². The van der Waals surface area contributed by atoms with Crippen LogP contribution in [0.25, 0.3) is 16.8 Å². The van der Waals surface area contributed by atoms with Gasteiger partial charge in [-0.1, -0.05) is 32.9 Å². The first kappa shape index (κ1) is 17.0. The predicted octanol–water partition coefficient (Wildman–Crippen LogP) is 4.27. The first-order valence-corrected chi connectivity index (χ1v) is 8.80. The molecular weight excluding hydrogens is 338 g/mol. The van der Waals surface area contributed by atoms with Crippen LogP contribution in [0.5, 0.6) is 0 Å². The zero-order valence-corrected chi connectivity index (χ0v) is 15.5. The highest BCUT2D eigenvalue weighted by atomic mass is 16.1. The SMILES string of the molecule is CC(C)(C)c1ccc(C(=O)Nc2cn3cc(-c4cn[nH]c4)ccc3n2)cc1. The lowest BCUT2D eigenvalue weighted by Gasteiger charge is -2.18. The number of pyridine rings is 1. The van der Waals surface area contributed by atoms with Crippen LogP contribution in [-0.4, -0.2) is 25.5 Å². The number of nitrogens with one attached hydrogen (secondary N) is 2. The number of benzene rings is 1. The Morgan fingerprint density at radius 1 is 1.04 bits per heavy atom. The highest BCUT2D eigenvalue weighted by Gasteiger charge is 2.15. The average Bonchev–Trinajstić information content (AvgIpc) is 3.29. The molecule has 27 heavy (non-hydrogen) atoms. The zero-order valence-electron chi connectivity index (χ0n) is 15.5. The number of amides is 1. The molecule has 2 N–H and O–H groups in total. The number of H-pyrrole nitrogens is 1. The monoisotopic (exact) mass is 359 g/mol. The molecule has 1 aromatic carbocycles. The van der Waals surface area contributed by atoms with Crippen LogP contribution in [0.3, 0.4) is 0 Å². The van der Waals surface area contributed by atoms with Gasteiger partial charge in [0.15, 0.2) is 5.82 Å². The van der Waals surface area contributed by atoms with Gasteiger partial charge in [0.1, 0.15) is 5.65 Å². The molecule has 3 aromatic heterocycles. The van der Waals surface area contributed by atoms with Gasteiger partial charge in [-0.2, -0.15) is 5.10 Å². The number of aromatic amines is 1. The Labute approximate surface area is 157 Å². The van der Waals surface area contributed by atoms with Gasteiger partial charge in [-0.3, -0.25) is 9.89 Å². The summed E-state index contributed by atoms with van der Waals surface area (Å²) in [5.74, 6) is 0.346. The normalized spacial score (nSPS) is 11.7. The summed E-state index contributed by atoms with van der Waals surface area (Å²) in [5.41, 5.74) is 4.64. The minimum Gasteiger partial charge on any atom is -0.305 e.